The maximum Gasteiger partial charge on any atom is 0.351 e. The molecule has 1 aromatic carbocycles. The highest BCUT2D eigenvalue weighted by Gasteiger charge is 2.45. The van der Waals surface area contributed by atoms with Gasteiger partial charge in [-0.3, -0.25) is 4.57 Å². The average molecular weight is 347 g/mol. The lowest BCUT2D eigenvalue weighted by Crippen LogP contribution is -2.37. The molecule has 4 atom stereocenters. The van der Waals surface area contributed by atoms with Gasteiger partial charge in [-0.2, -0.15) is 4.98 Å². The van der Waals surface area contributed by atoms with Crippen molar-refractivity contribution < 1.29 is 24.4 Å². The third-order valence-electron chi connectivity index (χ3n) is 4.32. The summed E-state index contributed by atoms with van der Waals surface area (Å²) in [7, 11) is 1.40. The van der Waals surface area contributed by atoms with Crippen LogP contribution >= 0.6 is 0 Å². The van der Waals surface area contributed by atoms with Gasteiger partial charge in [0.2, 0.25) is 0 Å². The van der Waals surface area contributed by atoms with Gasteiger partial charge in [-0.15, -0.1) is 0 Å². The van der Waals surface area contributed by atoms with E-state index in [0.717, 1.165) is 0 Å². The van der Waals surface area contributed by atoms with E-state index in [1.54, 1.807) is 6.07 Å². The van der Waals surface area contributed by atoms with Gasteiger partial charge in [0.25, 0.3) is 0 Å². The normalized spacial score (nSPS) is 27.2. The molecule has 1 fully saturated rings. The number of nitrogens with zero attached hydrogens (tertiary/aromatic N) is 2. The highest BCUT2D eigenvalue weighted by atomic mass is 16.6. The van der Waals surface area contributed by atoms with Crippen molar-refractivity contribution in [3.8, 4) is 11.5 Å². The summed E-state index contributed by atoms with van der Waals surface area (Å²) in [6, 6.07) is 7.27. The highest BCUT2D eigenvalue weighted by Crippen LogP contribution is 2.40. The number of aromatic nitrogens is 2. The van der Waals surface area contributed by atoms with E-state index < -0.39 is 36.8 Å². The van der Waals surface area contributed by atoms with Gasteiger partial charge in [0.05, 0.1) is 18.5 Å². The van der Waals surface area contributed by atoms with E-state index in [9.17, 15) is 15.0 Å². The molecule has 0 amide bonds. The predicted octanol–water partition coefficient (Wildman–Crippen LogP) is 0.358. The summed E-state index contributed by atoms with van der Waals surface area (Å²) in [5.74, 6) is 1.25. The van der Waals surface area contributed by atoms with Crippen molar-refractivity contribution in [2.24, 2.45) is 0 Å². The Bertz CT molecular complexity index is 854. The third kappa shape index (κ3) is 2.57. The molecule has 2 aliphatic heterocycles. The largest absolute Gasteiger partial charge is 0.450 e. The summed E-state index contributed by atoms with van der Waals surface area (Å²) in [6.07, 6.45) is -2.21. The Balaban J connectivity index is 1.72. The van der Waals surface area contributed by atoms with Crippen molar-refractivity contribution >= 4 is 11.5 Å². The summed E-state index contributed by atoms with van der Waals surface area (Å²) in [4.78, 5) is 16.4. The van der Waals surface area contributed by atoms with Gasteiger partial charge < -0.3 is 29.7 Å². The molecule has 2 aromatic rings. The van der Waals surface area contributed by atoms with Gasteiger partial charge in [0, 0.05) is 7.11 Å². The van der Waals surface area contributed by atoms with Crippen LogP contribution in [0.2, 0.25) is 0 Å². The first-order chi connectivity index (χ1) is 12.1. The molecule has 9 nitrogen and oxygen atoms in total. The van der Waals surface area contributed by atoms with Gasteiger partial charge in [0.1, 0.15) is 18.3 Å². The van der Waals surface area contributed by atoms with Gasteiger partial charge in [-0.1, -0.05) is 12.1 Å². The van der Waals surface area contributed by atoms with Crippen molar-refractivity contribution in [1.82, 2.24) is 9.55 Å². The number of aliphatic hydroxyl groups is 2. The number of para-hydroxylation sites is 2. The quantitative estimate of drug-likeness (QED) is 0.622. The molecule has 132 valence electrons. The van der Waals surface area contributed by atoms with E-state index in [1.807, 2.05) is 18.2 Å². The molecule has 3 heterocycles. The molecule has 3 N–H and O–H groups in total. The molecule has 0 bridgehead atoms. The van der Waals surface area contributed by atoms with Crippen LogP contribution in [0.5, 0.6) is 11.5 Å². The molecule has 25 heavy (non-hydrogen) atoms. The number of nitrogens with one attached hydrogen (secondary N) is 1. The molecule has 0 radical (unpaired) electrons. The van der Waals surface area contributed by atoms with Crippen molar-refractivity contribution in [1.29, 1.82) is 0 Å². The van der Waals surface area contributed by atoms with E-state index in [-0.39, 0.29) is 0 Å². The Morgan fingerprint density at radius 2 is 2.16 bits per heavy atom. The number of fused-ring (bicyclic) bond motifs is 2. The summed E-state index contributed by atoms with van der Waals surface area (Å²) >= 11 is 0. The minimum Gasteiger partial charge on any atom is -0.450 e. The number of aliphatic hydroxyl groups excluding tert-OH is 2. The molecule has 1 aromatic heterocycles. The van der Waals surface area contributed by atoms with E-state index in [2.05, 4.69) is 10.3 Å². The maximum atomic E-state index is 12.4. The molecule has 2 aliphatic rings. The van der Waals surface area contributed by atoms with Gasteiger partial charge in [-0.05, 0) is 12.1 Å². The number of rotatable bonds is 3. The molecule has 0 aliphatic carbocycles. The Morgan fingerprint density at radius 1 is 1.36 bits per heavy atom. The van der Waals surface area contributed by atoms with Crippen LogP contribution in [0.1, 0.15) is 6.23 Å². The fourth-order valence-corrected chi connectivity index (χ4v) is 3.05. The molecule has 0 spiro atoms. The van der Waals surface area contributed by atoms with Crippen LogP contribution in [0.25, 0.3) is 0 Å². The monoisotopic (exact) mass is 347 g/mol. The SMILES string of the molecule is CO[C@H]1[C@@H](O)[C@@H](CO)O[C@H]1n1cc2c(nc1=O)Nc1ccccc1O2. The Labute approximate surface area is 142 Å². The number of benzene rings is 1. The van der Waals surface area contributed by atoms with E-state index in [1.165, 1.54) is 17.9 Å². The van der Waals surface area contributed by atoms with Gasteiger partial charge >= 0.3 is 5.69 Å². The van der Waals surface area contributed by atoms with Gasteiger partial charge in [0.15, 0.2) is 23.5 Å². The first kappa shape index (κ1) is 16.0. The van der Waals surface area contributed by atoms with Crippen LogP contribution in [0, 0.1) is 0 Å². The molecular weight excluding hydrogens is 330 g/mol. The zero-order chi connectivity index (χ0) is 17.6. The third-order valence-corrected chi connectivity index (χ3v) is 4.32. The van der Waals surface area contributed by atoms with Crippen LogP contribution in [0.15, 0.2) is 35.3 Å². The minimum absolute atomic E-state index is 0.297. The molecule has 4 rings (SSSR count). The van der Waals surface area contributed by atoms with Crippen LogP contribution < -0.4 is 15.7 Å². The first-order valence-corrected chi connectivity index (χ1v) is 7.76. The summed E-state index contributed by atoms with van der Waals surface area (Å²) in [6.45, 7) is -0.393. The molecule has 0 saturated carbocycles. The summed E-state index contributed by atoms with van der Waals surface area (Å²) < 4.78 is 17.8. The fraction of sp³-hybridized carbons (Fsp3) is 0.375. The molecule has 1 saturated heterocycles. The minimum atomic E-state index is -1.07. The highest BCUT2D eigenvalue weighted by molar-refractivity contribution is 5.72. The number of anilines is 2. The second-order valence-electron chi connectivity index (χ2n) is 5.81. The van der Waals surface area contributed by atoms with E-state index in [4.69, 9.17) is 14.2 Å². The van der Waals surface area contributed by atoms with E-state index in [0.29, 0.717) is 23.0 Å². The van der Waals surface area contributed by atoms with Crippen LogP contribution in [-0.2, 0) is 9.47 Å². The van der Waals surface area contributed by atoms with Crippen molar-refractivity contribution in [3.63, 3.8) is 0 Å². The van der Waals surface area contributed by atoms with Gasteiger partial charge in [-0.25, -0.2) is 4.79 Å². The number of methoxy groups -OCH3 is 1. The fourth-order valence-electron chi connectivity index (χ4n) is 3.05. The lowest BCUT2D eigenvalue weighted by Gasteiger charge is -2.24. The second kappa shape index (κ2) is 6.12. The van der Waals surface area contributed by atoms with Crippen molar-refractivity contribution in [2.75, 3.05) is 19.0 Å². The lowest BCUT2D eigenvalue weighted by molar-refractivity contribution is -0.0626. The Kier molecular flexibility index (Phi) is 3.92. The van der Waals surface area contributed by atoms with Crippen molar-refractivity contribution in [2.45, 2.75) is 24.5 Å². The van der Waals surface area contributed by atoms with Crippen LogP contribution in [0.4, 0.5) is 11.5 Å². The van der Waals surface area contributed by atoms with Crippen LogP contribution in [-0.4, -0.2) is 51.8 Å². The lowest BCUT2D eigenvalue weighted by atomic mass is 10.1. The van der Waals surface area contributed by atoms with Crippen molar-refractivity contribution in [3.05, 3.63) is 40.9 Å². The topological polar surface area (TPSA) is 115 Å². The number of hydrogen-bond acceptors (Lipinski definition) is 8. The molecular formula is C16H17N3O6. The summed E-state index contributed by atoms with van der Waals surface area (Å²) in [5, 5.41) is 22.5. The Morgan fingerprint density at radius 3 is 2.92 bits per heavy atom. The number of hydrogen-bond donors (Lipinski definition) is 3. The zero-order valence-electron chi connectivity index (χ0n) is 13.3. The second-order valence-corrected chi connectivity index (χ2v) is 5.81. The first-order valence-electron chi connectivity index (χ1n) is 7.76. The van der Waals surface area contributed by atoms with Crippen LogP contribution in [0.3, 0.4) is 0 Å². The predicted molar refractivity (Wildman–Crippen MR) is 86.1 cm³/mol. The Hall–Kier alpha value is -2.46. The smallest absolute Gasteiger partial charge is 0.351 e. The standard InChI is InChI=1S/C16H17N3O6/c1-23-13-12(21)11(7-20)25-15(13)19-6-10-14(18-16(19)22)17-8-4-2-3-5-9(8)24-10/h2-6,11-13,15,20-21H,7H2,1H3,(H,17,18,22)/t11-,12+,13+,15-/m1/s1. The van der Waals surface area contributed by atoms with E-state index >= 15 is 0 Å². The zero-order valence-corrected chi connectivity index (χ0v) is 13.3. The number of ether oxygens (including phenoxy) is 3. The maximum absolute atomic E-state index is 12.4. The average Bonchev–Trinajstić information content (AvgIpc) is 2.95. The molecule has 0 unspecified atom stereocenters. The summed E-state index contributed by atoms with van der Waals surface area (Å²) in [5.41, 5.74) is 0.120. The molecule has 9 heteroatoms.